The number of carbonyl (C=O) groups is 1. The van der Waals surface area contributed by atoms with Gasteiger partial charge in [0.25, 0.3) is 0 Å². The monoisotopic (exact) mass is 222 g/mol. The Hall–Kier alpha value is -1.02. The highest BCUT2D eigenvalue weighted by molar-refractivity contribution is 6.32. The molecule has 1 aliphatic carbocycles. The normalized spacial score (nSPS) is 37.3. The van der Waals surface area contributed by atoms with Crippen LogP contribution in [-0.4, -0.2) is 12.6 Å². The van der Waals surface area contributed by atoms with Crippen LogP contribution in [0.15, 0.2) is 24.3 Å². The van der Waals surface area contributed by atoms with Crippen LogP contribution in [0.2, 0.25) is 5.02 Å². The summed E-state index contributed by atoms with van der Waals surface area (Å²) >= 11 is 6.14. The molecule has 0 bridgehead atoms. The molecule has 1 aromatic carbocycles. The van der Waals surface area contributed by atoms with Gasteiger partial charge in [-0.15, -0.1) is 0 Å². The molecule has 15 heavy (non-hydrogen) atoms. The van der Waals surface area contributed by atoms with Crippen molar-refractivity contribution in [3.63, 3.8) is 0 Å². The molecule has 1 heterocycles. The molecule has 0 amide bonds. The Morgan fingerprint density at radius 2 is 2.13 bits per heavy atom. The number of benzene rings is 1. The van der Waals surface area contributed by atoms with Gasteiger partial charge in [-0.25, -0.2) is 0 Å². The van der Waals surface area contributed by atoms with E-state index in [0.717, 1.165) is 12.0 Å². The summed E-state index contributed by atoms with van der Waals surface area (Å²) in [6, 6.07) is 7.55. The minimum atomic E-state index is -0.453. The molecule has 2 nitrogen and oxygen atoms in total. The van der Waals surface area contributed by atoms with E-state index in [2.05, 4.69) is 6.92 Å². The van der Waals surface area contributed by atoms with Crippen molar-refractivity contribution in [3.8, 4) is 0 Å². The van der Waals surface area contributed by atoms with Crippen LogP contribution >= 0.6 is 11.6 Å². The van der Waals surface area contributed by atoms with Gasteiger partial charge in [0.15, 0.2) is 0 Å². The van der Waals surface area contributed by atoms with E-state index in [1.165, 1.54) is 0 Å². The number of ether oxygens (including phenoxy) is 1. The van der Waals surface area contributed by atoms with Crippen LogP contribution in [0.5, 0.6) is 0 Å². The van der Waals surface area contributed by atoms with Gasteiger partial charge in [0, 0.05) is 10.4 Å². The molecule has 2 fully saturated rings. The van der Waals surface area contributed by atoms with Gasteiger partial charge < -0.3 is 4.74 Å². The summed E-state index contributed by atoms with van der Waals surface area (Å²) in [5, 5.41) is 0.667. The van der Waals surface area contributed by atoms with Crippen molar-refractivity contribution < 1.29 is 9.53 Å². The van der Waals surface area contributed by atoms with Crippen LogP contribution in [0.1, 0.15) is 18.9 Å². The van der Waals surface area contributed by atoms with Gasteiger partial charge in [0.1, 0.15) is 5.41 Å². The topological polar surface area (TPSA) is 26.3 Å². The zero-order valence-corrected chi connectivity index (χ0v) is 9.17. The molecule has 1 saturated heterocycles. The molecule has 0 aromatic heterocycles. The number of hydrogen-bond acceptors (Lipinski definition) is 2. The van der Waals surface area contributed by atoms with Crippen molar-refractivity contribution in [2.24, 2.45) is 5.41 Å². The Bertz CT molecular complexity index is 457. The van der Waals surface area contributed by atoms with Crippen molar-refractivity contribution >= 4 is 17.6 Å². The molecule has 3 rings (SSSR count). The maximum atomic E-state index is 11.8. The fourth-order valence-electron chi connectivity index (χ4n) is 2.72. The summed E-state index contributed by atoms with van der Waals surface area (Å²) in [4.78, 5) is 11.8. The number of esters is 1. The number of carbonyl (C=O) groups excluding carboxylic acids is 1. The van der Waals surface area contributed by atoms with E-state index in [1.54, 1.807) is 0 Å². The first kappa shape index (κ1) is 9.22. The summed E-state index contributed by atoms with van der Waals surface area (Å²) in [6.45, 7) is 2.61. The third-order valence-corrected chi connectivity index (χ3v) is 4.09. The van der Waals surface area contributed by atoms with Gasteiger partial charge in [0.05, 0.1) is 6.61 Å². The molecule has 0 N–H and O–H groups in total. The van der Waals surface area contributed by atoms with Gasteiger partial charge in [0.2, 0.25) is 0 Å². The van der Waals surface area contributed by atoms with Crippen LogP contribution in [0.25, 0.3) is 0 Å². The Kier molecular flexibility index (Phi) is 1.57. The number of fused-ring (bicyclic) bond motifs is 1. The predicted octanol–water partition coefficient (Wildman–Crippen LogP) is 2.54. The van der Waals surface area contributed by atoms with E-state index in [4.69, 9.17) is 16.3 Å². The first-order valence-corrected chi connectivity index (χ1v) is 5.40. The molecule has 1 aromatic rings. The first-order valence-electron chi connectivity index (χ1n) is 5.02. The second-order valence-corrected chi connectivity index (χ2v) is 5.11. The molecule has 1 saturated carbocycles. The molecule has 2 aliphatic rings. The zero-order chi connectivity index (χ0) is 10.7. The standard InChI is InChI=1S/C12H11ClO2/c1-11-6-12(11,10(14)15-7-11)8-4-2-3-5-9(8)13/h2-5H,6-7H2,1H3/t11-,12-/m1/s1. The summed E-state index contributed by atoms with van der Waals surface area (Å²) in [5.74, 6) is -0.113. The molecule has 0 unspecified atom stereocenters. The number of hydrogen-bond donors (Lipinski definition) is 0. The second kappa shape index (κ2) is 2.56. The van der Waals surface area contributed by atoms with E-state index < -0.39 is 5.41 Å². The highest BCUT2D eigenvalue weighted by Gasteiger charge is 2.75. The zero-order valence-electron chi connectivity index (χ0n) is 8.42. The molecular formula is C12H11ClO2. The molecule has 0 spiro atoms. The van der Waals surface area contributed by atoms with E-state index in [1.807, 2.05) is 24.3 Å². The molecule has 0 radical (unpaired) electrons. The maximum absolute atomic E-state index is 11.8. The van der Waals surface area contributed by atoms with Crippen molar-refractivity contribution in [1.82, 2.24) is 0 Å². The lowest BCUT2D eigenvalue weighted by Crippen LogP contribution is -2.20. The van der Waals surface area contributed by atoms with Gasteiger partial charge in [-0.1, -0.05) is 36.7 Å². The van der Waals surface area contributed by atoms with Crippen molar-refractivity contribution in [3.05, 3.63) is 34.9 Å². The highest BCUT2D eigenvalue weighted by atomic mass is 35.5. The molecule has 78 valence electrons. The second-order valence-electron chi connectivity index (χ2n) is 4.70. The van der Waals surface area contributed by atoms with E-state index in [0.29, 0.717) is 11.6 Å². The molecule has 1 aliphatic heterocycles. The Morgan fingerprint density at radius 3 is 2.67 bits per heavy atom. The summed E-state index contributed by atoms with van der Waals surface area (Å²) in [7, 11) is 0. The largest absolute Gasteiger partial charge is 0.464 e. The summed E-state index contributed by atoms with van der Waals surface area (Å²) < 4.78 is 5.13. The third-order valence-electron chi connectivity index (χ3n) is 3.76. The van der Waals surface area contributed by atoms with Crippen LogP contribution in [0.4, 0.5) is 0 Å². The molecule has 3 heteroatoms. The van der Waals surface area contributed by atoms with Crippen LogP contribution in [0.3, 0.4) is 0 Å². The number of halogens is 1. The number of rotatable bonds is 1. The van der Waals surface area contributed by atoms with Gasteiger partial charge in [-0.3, -0.25) is 4.79 Å². The Labute approximate surface area is 93.2 Å². The lowest BCUT2D eigenvalue weighted by molar-refractivity contribution is -0.142. The number of cyclic esters (lactones) is 1. The van der Waals surface area contributed by atoms with E-state index in [9.17, 15) is 4.79 Å². The Morgan fingerprint density at radius 1 is 1.40 bits per heavy atom. The molecular weight excluding hydrogens is 212 g/mol. The van der Waals surface area contributed by atoms with Gasteiger partial charge in [-0.05, 0) is 18.1 Å². The SMILES string of the molecule is C[C@@]12COC(=O)[C@]1(c1ccccc1Cl)C2. The fraction of sp³-hybridized carbons (Fsp3) is 0.417. The third kappa shape index (κ3) is 0.932. The lowest BCUT2D eigenvalue weighted by atomic mass is 9.89. The Balaban J connectivity index is 2.16. The minimum absolute atomic E-state index is 0.0327. The maximum Gasteiger partial charge on any atom is 0.317 e. The van der Waals surface area contributed by atoms with Crippen LogP contribution in [-0.2, 0) is 14.9 Å². The quantitative estimate of drug-likeness (QED) is 0.683. The lowest BCUT2D eigenvalue weighted by Gasteiger charge is -2.12. The minimum Gasteiger partial charge on any atom is -0.464 e. The van der Waals surface area contributed by atoms with Crippen LogP contribution in [0, 0.1) is 5.41 Å². The first-order chi connectivity index (χ1) is 7.10. The smallest absolute Gasteiger partial charge is 0.317 e. The van der Waals surface area contributed by atoms with E-state index >= 15 is 0 Å². The van der Waals surface area contributed by atoms with E-state index in [-0.39, 0.29) is 11.4 Å². The summed E-state index contributed by atoms with van der Waals surface area (Å²) in [5.41, 5.74) is 0.442. The van der Waals surface area contributed by atoms with Gasteiger partial charge in [-0.2, -0.15) is 0 Å². The van der Waals surface area contributed by atoms with Crippen LogP contribution < -0.4 is 0 Å². The van der Waals surface area contributed by atoms with Crippen molar-refractivity contribution in [2.75, 3.05) is 6.61 Å². The fourth-order valence-corrected chi connectivity index (χ4v) is 3.02. The predicted molar refractivity (Wildman–Crippen MR) is 56.8 cm³/mol. The van der Waals surface area contributed by atoms with Crippen molar-refractivity contribution in [2.45, 2.75) is 18.8 Å². The summed E-state index contributed by atoms with van der Waals surface area (Å²) in [6.07, 6.45) is 0.864. The average Bonchev–Trinajstić information content (AvgIpc) is 2.76. The van der Waals surface area contributed by atoms with Gasteiger partial charge >= 0.3 is 5.97 Å². The molecule has 2 atom stereocenters. The van der Waals surface area contributed by atoms with Crippen molar-refractivity contribution in [1.29, 1.82) is 0 Å². The highest BCUT2D eigenvalue weighted by Crippen LogP contribution is 2.69. The average molecular weight is 223 g/mol.